The number of carbonyl (C=O) groups is 2. The first kappa shape index (κ1) is 13.3. The van der Waals surface area contributed by atoms with Crippen LogP contribution in [-0.2, 0) is 4.79 Å². The second kappa shape index (κ2) is 6.78. The molecule has 0 aliphatic heterocycles. The Labute approximate surface area is 99.1 Å². The molecule has 92 valence electrons. The molecule has 0 amide bonds. The van der Waals surface area contributed by atoms with Crippen molar-refractivity contribution in [2.75, 3.05) is 13.2 Å². The van der Waals surface area contributed by atoms with Crippen LogP contribution in [0.3, 0.4) is 0 Å². The van der Waals surface area contributed by atoms with Gasteiger partial charge in [0.15, 0.2) is 5.78 Å². The van der Waals surface area contributed by atoms with Crippen molar-refractivity contribution in [1.82, 2.24) is 5.32 Å². The molecule has 17 heavy (non-hydrogen) atoms. The standard InChI is InChI=1S/C12H15NO4/c14-7-6-13-10(12(16)17)8-11(15)9-4-2-1-3-5-9/h1-5,10,13-14H,6-8H2,(H,16,17). The minimum atomic E-state index is -1.09. The molecule has 0 saturated heterocycles. The summed E-state index contributed by atoms with van der Waals surface area (Å²) < 4.78 is 0. The van der Waals surface area contributed by atoms with Gasteiger partial charge in [-0.3, -0.25) is 9.59 Å². The summed E-state index contributed by atoms with van der Waals surface area (Å²) in [6.45, 7) is -0.0116. The van der Waals surface area contributed by atoms with E-state index in [1.54, 1.807) is 30.3 Å². The van der Waals surface area contributed by atoms with Gasteiger partial charge in [-0.25, -0.2) is 0 Å². The third-order valence-corrected chi connectivity index (χ3v) is 2.29. The summed E-state index contributed by atoms with van der Waals surface area (Å²) in [7, 11) is 0. The van der Waals surface area contributed by atoms with Crippen LogP contribution >= 0.6 is 0 Å². The number of hydrogen-bond donors (Lipinski definition) is 3. The number of ketones is 1. The molecular formula is C12H15NO4. The normalized spacial score (nSPS) is 12.1. The van der Waals surface area contributed by atoms with Crippen LogP contribution in [0.2, 0.25) is 0 Å². The number of hydrogen-bond acceptors (Lipinski definition) is 4. The zero-order chi connectivity index (χ0) is 12.7. The van der Waals surface area contributed by atoms with E-state index >= 15 is 0 Å². The highest BCUT2D eigenvalue weighted by Gasteiger charge is 2.20. The Morgan fingerprint density at radius 2 is 1.88 bits per heavy atom. The number of benzene rings is 1. The molecule has 1 aromatic rings. The topological polar surface area (TPSA) is 86.6 Å². The van der Waals surface area contributed by atoms with E-state index in [4.69, 9.17) is 10.2 Å². The summed E-state index contributed by atoms with van der Waals surface area (Å²) in [6, 6.07) is 7.57. The van der Waals surface area contributed by atoms with E-state index in [2.05, 4.69) is 5.32 Å². The zero-order valence-electron chi connectivity index (χ0n) is 9.30. The van der Waals surface area contributed by atoms with Crippen molar-refractivity contribution < 1.29 is 19.8 Å². The van der Waals surface area contributed by atoms with Crippen LogP contribution in [0.1, 0.15) is 16.8 Å². The van der Waals surface area contributed by atoms with E-state index in [1.807, 2.05) is 0 Å². The number of carbonyl (C=O) groups excluding carboxylic acids is 1. The predicted octanol–water partition coefficient (Wildman–Crippen LogP) is 0.295. The first-order valence-corrected chi connectivity index (χ1v) is 5.30. The molecule has 0 radical (unpaired) electrons. The van der Waals surface area contributed by atoms with Gasteiger partial charge in [-0.05, 0) is 0 Å². The van der Waals surface area contributed by atoms with Crippen molar-refractivity contribution in [3.63, 3.8) is 0 Å². The predicted molar refractivity (Wildman–Crippen MR) is 61.9 cm³/mol. The Morgan fingerprint density at radius 3 is 2.41 bits per heavy atom. The van der Waals surface area contributed by atoms with E-state index in [1.165, 1.54) is 0 Å². The monoisotopic (exact) mass is 237 g/mol. The van der Waals surface area contributed by atoms with Gasteiger partial charge < -0.3 is 15.5 Å². The number of carboxylic acid groups (broad SMARTS) is 1. The van der Waals surface area contributed by atoms with Gasteiger partial charge in [-0.1, -0.05) is 30.3 Å². The van der Waals surface area contributed by atoms with Gasteiger partial charge in [0.05, 0.1) is 6.61 Å². The van der Waals surface area contributed by atoms with E-state index in [0.29, 0.717) is 5.56 Å². The lowest BCUT2D eigenvalue weighted by Crippen LogP contribution is -2.39. The average molecular weight is 237 g/mol. The highest BCUT2D eigenvalue weighted by Crippen LogP contribution is 2.05. The Hall–Kier alpha value is -1.72. The number of nitrogens with one attached hydrogen (secondary N) is 1. The number of aliphatic carboxylic acids is 1. The van der Waals surface area contributed by atoms with Crippen molar-refractivity contribution >= 4 is 11.8 Å². The molecule has 0 heterocycles. The van der Waals surface area contributed by atoms with Crippen molar-refractivity contribution in [1.29, 1.82) is 0 Å². The molecule has 0 fully saturated rings. The van der Waals surface area contributed by atoms with Crippen molar-refractivity contribution in [2.45, 2.75) is 12.5 Å². The molecule has 1 unspecified atom stereocenters. The fourth-order valence-corrected chi connectivity index (χ4v) is 1.41. The molecule has 0 saturated carbocycles. The summed E-state index contributed by atoms with van der Waals surface area (Å²) in [5, 5.41) is 20.1. The molecule has 5 heteroatoms. The van der Waals surface area contributed by atoms with Gasteiger partial charge in [-0.15, -0.1) is 0 Å². The molecule has 0 aromatic heterocycles. The van der Waals surface area contributed by atoms with Crippen molar-refractivity contribution in [3.05, 3.63) is 35.9 Å². The molecule has 1 rings (SSSR count). The summed E-state index contributed by atoms with van der Waals surface area (Å²) in [4.78, 5) is 22.6. The van der Waals surface area contributed by atoms with Crippen LogP contribution in [0, 0.1) is 0 Å². The highest BCUT2D eigenvalue weighted by molar-refractivity contribution is 5.98. The first-order chi connectivity index (χ1) is 8.15. The van der Waals surface area contributed by atoms with Crippen LogP contribution < -0.4 is 5.32 Å². The molecule has 1 aromatic carbocycles. The van der Waals surface area contributed by atoms with Gasteiger partial charge >= 0.3 is 5.97 Å². The fourth-order valence-electron chi connectivity index (χ4n) is 1.41. The molecule has 0 spiro atoms. The number of rotatable bonds is 7. The number of aliphatic hydroxyl groups excluding tert-OH is 1. The third kappa shape index (κ3) is 4.34. The Bertz CT molecular complexity index is 377. The maximum Gasteiger partial charge on any atom is 0.321 e. The average Bonchev–Trinajstić information content (AvgIpc) is 2.35. The van der Waals surface area contributed by atoms with Gasteiger partial charge in [-0.2, -0.15) is 0 Å². The fraction of sp³-hybridized carbons (Fsp3) is 0.333. The SMILES string of the molecule is O=C(CC(NCCO)C(=O)O)c1ccccc1. The first-order valence-electron chi connectivity index (χ1n) is 5.30. The molecule has 0 aliphatic rings. The third-order valence-electron chi connectivity index (χ3n) is 2.29. The van der Waals surface area contributed by atoms with E-state index in [9.17, 15) is 9.59 Å². The zero-order valence-corrected chi connectivity index (χ0v) is 9.30. The molecule has 5 nitrogen and oxygen atoms in total. The van der Waals surface area contributed by atoms with Gasteiger partial charge in [0.2, 0.25) is 0 Å². The Balaban J connectivity index is 2.61. The lowest BCUT2D eigenvalue weighted by atomic mass is 10.0. The molecule has 0 aliphatic carbocycles. The second-order valence-corrected chi connectivity index (χ2v) is 3.56. The Kier molecular flexibility index (Phi) is 5.32. The lowest BCUT2D eigenvalue weighted by molar-refractivity contribution is -0.139. The number of aliphatic hydroxyl groups is 1. The van der Waals surface area contributed by atoms with Crippen LogP contribution in [0.25, 0.3) is 0 Å². The van der Waals surface area contributed by atoms with Crippen molar-refractivity contribution in [3.8, 4) is 0 Å². The summed E-state index contributed by atoms with van der Waals surface area (Å²) >= 11 is 0. The van der Waals surface area contributed by atoms with Crippen molar-refractivity contribution in [2.24, 2.45) is 0 Å². The summed E-state index contributed by atoms with van der Waals surface area (Å²) in [5.41, 5.74) is 0.490. The number of carboxylic acids is 1. The van der Waals surface area contributed by atoms with Crippen LogP contribution in [0.15, 0.2) is 30.3 Å². The molecule has 3 N–H and O–H groups in total. The van der Waals surface area contributed by atoms with E-state index in [-0.39, 0.29) is 25.4 Å². The maximum absolute atomic E-state index is 11.8. The lowest BCUT2D eigenvalue weighted by Gasteiger charge is -2.12. The smallest absolute Gasteiger partial charge is 0.321 e. The quantitative estimate of drug-likeness (QED) is 0.593. The van der Waals surface area contributed by atoms with Gasteiger partial charge in [0, 0.05) is 18.5 Å². The van der Waals surface area contributed by atoms with Gasteiger partial charge in [0.1, 0.15) is 6.04 Å². The maximum atomic E-state index is 11.8. The molecule has 1 atom stereocenters. The van der Waals surface area contributed by atoms with Crippen LogP contribution in [-0.4, -0.2) is 41.2 Å². The summed E-state index contributed by atoms with van der Waals surface area (Å²) in [5.74, 6) is -1.33. The van der Waals surface area contributed by atoms with Crippen LogP contribution in [0.4, 0.5) is 0 Å². The largest absolute Gasteiger partial charge is 0.480 e. The minimum absolute atomic E-state index is 0.126. The van der Waals surface area contributed by atoms with Gasteiger partial charge in [0.25, 0.3) is 0 Å². The number of Topliss-reactive ketones (excluding diaryl/α,β-unsaturated/α-hetero) is 1. The second-order valence-electron chi connectivity index (χ2n) is 3.56. The molecule has 0 bridgehead atoms. The minimum Gasteiger partial charge on any atom is -0.480 e. The van der Waals surface area contributed by atoms with E-state index in [0.717, 1.165) is 0 Å². The molecular weight excluding hydrogens is 222 g/mol. The summed E-state index contributed by atoms with van der Waals surface area (Å²) in [6.07, 6.45) is -0.126. The Morgan fingerprint density at radius 1 is 1.24 bits per heavy atom. The van der Waals surface area contributed by atoms with E-state index < -0.39 is 12.0 Å². The highest BCUT2D eigenvalue weighted by atomic mass is 16.4. The van der Waals surface area contributed by atoms with Crippen LogP contribution in [0.5, 0.6) is 0 Å².